The molecule has 1 amide bonds. The SMILES string of the molecule is CCOc1ccc(-c2nc(C(=O)N(CC)CC)cs2)c(Cl)c1. The Morgan fingerprint density at radius 3 is 2.64 bits per heavy atom. The average Bonchev–Trinajstić information content (AvgIpc) is 2.98. The molecule has 118 valence electrons. The molecule has 0 aliphatic heterocycles. The van der Waals surface area contributed by atoms with Crippen LogP contribution in [0.3, 0.4) is 0 Å². The van der Waals surface area contributed by atoms with E-state index in [-0.39, 0.29) is 5.91 Å². The van der Waals surface area contributed by atoms with Crippen LogP contribution in [0.4, 0.5) is 0 Å². The first kappa shape index (κ1) is 16.8. The fourth-order valence-electron chi connectivity index (χ4n) is 2.09. The third kappa shape index (κ3) is 3.59. The van der Waals surface area contributed by atoms with Crippen LogP contribution in [-0.2, 0) is 0 Å². The molecule has 2 aromatic rings. The first-order chi connectivity index (χ1) is 10.6. The van der Waals surface area contributed by atoms with Crippen LogP contribution >= 0.6 is 22.9 Å². The maximum Gasteiger partial charge on any atom is 0.273 e. The minimum atomic E-state index is -0.0467. The number of aromatic nitrogens is 1. The fourth-order valence-corrected chi connectivity index (χ4v) is 3.24. The number of rotatable bonds is 6. The molecule has 0 unspecified atom stereocenters. The highest BCUT2D eigenvalue weighted by Gasteiger charge is 2.17. The Balaban J connectivity index is 2.26. The van der Waals surface area contributed by atoms with E-state index in [4.69, 9.17) is 16.3 Å². The number of hydrogen-bond acceptors (Lipinski definition) is 4. The summed E-state index contributed by atoms with van der Waals surface area (Å²) in [4.78, 5) is 18.5. The van der Waals surface area contributed by atoms with E-state index in [1.165, 1.54) is 11.3 Å². The molecule has 0 saturated heterocycles. The Bertz CT molecular complexity index is 653. The van der Waals surface area contributed by atoms with Crippen LogP contribution in [0.5, 0.6) is 5.75 Å². The molecule has 0 bridgehead atoms. The van der Waals surface area contributed by atoms with Gasteiger partial charge >= 0.3 is 0 Å². The van der Waals surface area contributed by atoms with Crippen molar-refractivity contribution in [2.75, 3.05) is 19.7 Å². The van der Waals surface area contributed by atoms with Crippen LogP contribution in [0, 0.1) is 0 Å². The number of hydrogen-bond donors (Lipinski definition) is 0. The Hall–Kier alpha value is -1.59. The molecule has 0 saturated carbocycles. The molecule has 1 aromatic heterocycles. The van der Waals surface area contributed by atoms with Gasteiger partial charge in [0, 0.05) is 24.0 Å². The Kier molecular flexibility index (Phi) is 5.80. The quantitative estimate of drug-likeness (QED) is 0.786. The topological polar surface area (TPSA) is 42.4 Å². The summed E-state index contributed by atoms with van der Waals surface area (Å²) in [5.41, 5.74) is 1.28. The van der Waals surface area contributed by atoms with Gasteiger partial charge in [-0.05, 0) is 39.0 Å². The molecule has 2 rings (SSSR count). The van der Waals surface area contributed by atoms with E-state index < -0.39 is 0 Å². The second-order valence-electron chi connectivity index (χ2n) is 4.59. The number of carbonyl (C=O) groups excluding carboxylic acids is 1. The summed E-state index contributed by atoms with van der Waals surface area (Å²) < 4.78 is 5.42. The maximum atomic E-state index is 12.3. The van der Waals surface area contributed by atoms with Gasteiger partial charge in [0.25, 0.3) is 5.91 Å². The van der Waals surface area contributed by atoms with Crippen LogP contribution in [0.25, 0.3) is 10.6 Å². The standard InChI is InChI=1S/C16H19ClN2O2S/c1-4-19(5-2)16(20)14-10-22-15(18-14)12-8-7-11(21-6-3)9-13(12)17/h7-10H,4-6H2,1-3H3. The fraction of sp³-hybridized carbons (Fsp3) is 0.375. The summed E-state index contributed by atoms with van der Waals surface area (Å²) in [6.07, 6.45) is 0. The lowest BCUT2D eigenvalue weighted by atomic mass is 10.2. The predicted molar refractivity (Wildman–Crippen MR) is 91.0 cm³/mol. The first-order valence-corrected chi connectivity index (χ1v) is 8.53. The van der Waals surface area contributed by atoms with Crippen molar-refractivity contribution in [1.82, 2.24) is 9.88 Å². The van der Waals surface area contributed by atoms with Gasteiger partial charge in [-0.25, -0.2) is 4.98 Å². The van der Waals surface area contributed by atoms with Gasteiger partial charge in [-0.3, -0.25) is 4.79 Å². The summed E-state index contributed by atoms with van der Waals surface area (Å²) in [5, 5.41) is 3.09. The van der Waals surface area contributed by atoms with Gasteiger partial charge in [-0.2, -0.15) is 0 Å². The zero-order valence-corrected chi connectivity index (χ0v) is 14.5. The van der Waals surface area contributed by atoms with Gasteiger partial charge in [0.2, 0.25) is 0 Å². The molecule has 0 aliphatic rings. The molecule has 1 aromatic carbocycles. The van der Waals surface area contributed by atoms with Crippen LogP contribution in [0.2, 0.25) is 5.02 Å². The van der Waals surface area contributed by atoms with Crippen molar-refractivity contribution in [1.29, 1.82) is 0 Å². The monoisotopic (exact) mass is 338 g/mol. The van der Waals surface area contributed by atoms with Crippen LogP contribution in [-0.4, -0.2) is 35.5 Å². The number of amides is 1. The Labute approximate surface area is 139 Å². The molecular weight excluding hydrogens is 320 g/mol. The molecule has 0 spiro atoms. The molecule has 0 aliphatic carbocycles. The summed E-state index contributed by atoms with van der Waals surface area (Å²) in [6.45, 7) is 7.78. The highest BCUT2D eigenvalue weighted by molar-refractivity contribution is 7.13. The largest absolute Gasteiger partial charge is 0.494 e. The van der Waals surface area contributed by atoms with Crippen molar-refractivity contribution in [3.05, 3.63) is 34.3 Å². The molecule has 0 radical (unpaired) electrons. The van der Waals surface area contributed by atoms with Gasteiger partial charge < -0.3 is 9.64 Å². The number of halogens is 1. The van der Waals surface area contributed by atoms with Crippen LogP contribution in [0.15, 0.2) is 23.6 Å². The molecular formula is C16H19ClN2O2S. The summed E-state index contributed by atoms with van der Waals surface area (Å²) in [6, 6.07) is 5.50. The third-order valence-electron chi connectivity index (χ3n) is 3.26. The van der Waals surface area contributed by atoms with Gasteiger partial charge in [-0.1, -0.05) is 11.6 Å². The molecule has 1 heterocycles. The Morgan fingerprint density at radius 1 is 1.32 bits per heavy atom. The lowest BCUT2D eigenvalue weighted by Crippen LogP contribution is -2.30. The normalized spacial score (nSPS) is 10.5. The maximum absolute atomic E-state index is 12.3. The van der Waals surface area contributed by atoms with E-state index in [2.05, 4.69) is 4.98 Å². The second-order valence-corrected chi connectivity index (χ2v) is 5.86. The minimum Gasteiger partial charge on any atom is -0.494 e. The van der Waals surface area contributed by atoms with E-state index in [1.807, 2.05) is 32.9 Å². The van der Waals surface area contributed by atoms with Crippen LogP contribution < -0.4 is 4.74 Å². The highest BCUT2D eigenvalue weighted by atomic mass is 35.5. The minimum absolute atomic E-state index is 0.0467. The van der Waals surface area contributed by atoms with Gasteiger partial charge in [0.15, 0.2) is 0 Å². The summed E-state index contributed by atoms with van der Waals surface area (Å²) in [7, 11) is 0. The van der Waals surface area contributed by atoms with Crippen molar-refractivity contribution < 1.29 is 9.53 Å². The Morgan fingerprint density at radius 2 is 2.05 bits per heavy atom. The van der Waals surface area contributed by atoms with E-state index >= 15 is 0 Å². The molecule has 4 nitrogen and oxygen atoms in total. The molecule has 22 heavy (non-hydrogen) atoms. The summed E-state index contributed by atoms with van der Waals surface area (Å²) >= 11 is 7.72. The van der Waals surface area contributed by atoms with E-state index in [0.29, 0.717) is 30.4 Å². The van der Waals surface area contributed by atoms with Crippen molar-refractivity contribution in [2.24, 2.45) is 0 Å². The highest BCUT2D eigenvalue weighted by Crippen LogP contribution is 2.33. The van der Waals surface area contributed by atoms with Gasteiger partial charge in [0.05, 0.1) is 11.6 Å². The smallest absolute Gasteiger partial charge is 0.273 e. The van der Waals surface area contributed by atoms with E-state index in [9.17, 15) is 4.79 Å². The molecule has 0 N–H and O–H groups in total. The van der Waals surface area contributed by atoms with Crippen molar-refractivity contribution >= 4 is 28.8 Å². The lowest BCUT2D eigenvalue weighted by Gasteiger charge is -2.16. The third-order valence-corrected chi connectivity index (χ3v) is 4.44. The van der Waals surface area contributed by atoms with Crippen LogP contribution in [0.1, 0.15) is 31.3 Å². The first-order valence-electron chi connectivity index (χ1n) is 7.28. The van der Waals surface area contributed by atoms with Crippen molar-refractivity contribution in [3.8, 4) is 16.3 Å². The number of thiazole rings is 1. The average molecular weight is 339 g/mol. The zero-order chi connectivity index (χ0) is 16.1. The molecule has 6 heteroatoms. The summed E-state index contributed by atoms with van der Waals surface area (Å²) in [5.74, 6) is 0.682. The zero-order valence-electron chi connectivity index (χ0n) is 12.9. The van der Waals surface area contributed by atoms with Gasteiger partial charge in [0.1, 0.15) is 16.5 Å². The number of nitrogens with zero attached hydrogens (tertiary/aromatic N) is 2. The van der Waals surface area contributed by atoms with E-state index in [0.717, 1.165) is 16.3 Å². The van der Waals surface area contributed by atoms with E-state index in [1.54, 1.807) is 16.3 Å². The van der Waals surface area contributed by atoms with Crippen molar-refractivity contribution in [2.45, 2.75) is 20.8 Å². The predicted octanol–water partition coefficient (Wildman–Crippen LogP) is 4.34. The molecule has 0 fully saturated rings. The number of ether oxygens (including phenoxy) is 1. The van der Waals surface area contributed by atoms with Gasteiger partial charge in [-0.15, -0.1) is 11.3 Å². The lowest BCUT2D eigenvalue weighted by molar-refractivity contribution is 0.0768. The second kappa shape index (κ2) is 7.61. The number of carbonyl (C=O) groups is 1. The molecule has 0 atom stereocenters. The van der Waals surface area contributed by atoms with Crippen molar-refractivity contribution in [3.63, 3.8) is 0 Å². The number of benzene rings is 1.